The van der Waals surface area contributed by atoms with E-state index >= 15 is 0 Å². The van der Waals surface area contributed by atoms with Gasteiger partial charge in [0.05, 0.1) is 11.3 Å². The highest BCUT2D eigenvalue weighted by Gasteiger charge is 2.18. The van der Waals surface area contributed by atoms with Crippen molar-refractivity contribution in [3.05, 3.63) is 101 Å². The Hall–Kier alpha value is -3.25. The minimum absolute atomic E-state index is 0.0303. The third-order valence-electron chi connectivity index (χ3n) is 5.32. The third-order valence-corrected chi connectivity index (χ3v) is 6.28. The molecule has 0 N–H and O–H groups in total. The molecule has 0 atom stereocenters. The number of rotatable bonds is 9. The summed E-state index contributed by atoms with van der Waals surface area (Å²) >= 11 is 1.33. The van der Waals surface area contributed by atoms with Gasteiger partial charge in [-0.05, 0) is 36.1 Å². The topological polar surface area (TPSA) is 47.8 Å². The number of carbonyl (C=O) groups excluding carboxylic acids is 1. The summed E-state index contributed by atoms with van der Waals surface area (Å²) in [6.07, 6.45) is 1.69. The molecule has 0 aliphatic carbocycles. The monoisotopic (exact) mass is 445 g/mol. The Balaban J connectivity index is 1.56. The van der Waals surface area contributed by atoms with E-state index in [1.54, 1.807) is 18.2 Å². The van der Waals surface area contributed by atoms with E-state index in [-0.39, 0.29) is 17.4 Å². The molecule has 1 heterocycles. The number of Topliss-reactive ketones (excluding diaryl/α,β-unsaturated/α-hetero) is 1. The first-order chi connectivity index (χ1) is 15.7. The van der Waals surface area contributed by atoms with Gasteiger partial charge in [0.2, 0.25) is 0 Å². The lowest BCUT2D eigenvalue weighted by Gasteiger charge is -2.11. The first-order valence-electron chi connectivity index (χ1n) is 10.6. The molecule has 0 spiro atoms. The van der Waals surface area contributed by atoms with Crippen molar-refractivity contribution in [2.24, 2.45) is 0 Å². The van der Waals surface area contributed by atoms with Crippen LogP contribution in [0, 0.1) is 5.82 Å². The number of thioether (sulfide) groups is 1. The van der Waals surface area contributed by atoms with Crippen molar-refractivity contribution in [2.45, 2.75) is 31.5 Å². The van der Waals surface area contributed by atoms with Crippen molar-refractivity contribution in [2.75, 3.05) is 5.75 Å². The molecular weight excluding hydrogens is 421 g/mol. The van der Waals surface area contributed by atoms with E-state index in [4.69, 9.17) is 0 Å². The molecule has 0 radical (unpaired) electrons. The third kappa shape index (κ3) is 5.14. The number of hydrogen-bond acceptors (Lipinski definition) is 4. The van der Waals surface area contributed by atoms with Gasteiger partial charge >= 0.3 is 0 Å². The fourth-order valence-electron chi connectivity index (χ4n) is 3.46. The standard InChI is InChI=1S/C26H24FN3OS/c1-2-19-12-14-21(15-13-19)24(31)18-32-26-29-28-25(22-10-6-7-11-23(22)27)30(26)17-16-20-8-4-3-5-9-20/h3-15H,2,16-18H2,1H3. The molecule has 4 nitrogen and oxygen atoms in total. The number of aryl methyl sites for hydroxylation is 2. The van der Waals surface area contributed by atoms with Crippen LogP contribution in [0.1, 0.15) is 28.4 Å². The molecule has 1 aromatic heterocycles. The second-order valence-electron chi connectivity index (χ2n) is 7.44. The Labute approximate surface area is 191 Å². The molecule has 0 bridgehead atoms. The molecule has 0 amide bonds. The highest BCUT2D eigenvalue weighted by molar-refractivity contribution is 7.99. The molecule has 0 saturated carbocycles. The van der Waals surface area contributed by atoms with E-state index < -0.39 is 0 Å². The van der Waals surface area contributed by atoms with Crippen LogP contribution < -0.4 is 0 Å². The number of hydrogen-bond donors (Lipinski definition) is 0. The van der Waals surface area contributed by atoms with Gasteiger partial charge in [0.15, 0.2) is 16.8 Å². The Morgan fingerprint density at radius 1 is 0.906 bits per heavy atom. The fraction of sp³-hybridized carbons (Fsp3) is 0.192. The van der Waals surface area contributed by atoms with Crippen LogP contribution in [0.2, 0.25) is 0 Å². The average molecular weight is 446 g/mol. The summed E-state index contributed by atoms with van der Waals surface area (Å²) in [5.41, 5.74) is 3.45. The van der Waals surface area contributed by atoms with Crippen LogP contribution in [0.25, 0.3) is 11.4 Å². The lowest BCUT2D eigenvalue weighted by atomic mass is 10.1. The summed E-state index contributed by atoms with van der Waals surface area (Å²) in [7, 11) is 0. The summed E-state index contributed by atoms with van der Waals surface area (Å²) < 4.78 is 16.4. The van der Waals surface area contributed by atoms with Crippen molar-refractivity contribution in [3.63, 3.8) is 0 Å². The molecule has 162 valence electrons. The second-order valence-corrected chi connectivity index (χ2v) is 8.38. The molecule has 0 unspecified atom stereocenters. The van der Waals surface area contributed by atoms with Crippen LogP contribution in [0.4, 0.5) is 4.39 Å². The minimum atomic E-state index is -0.343. The zero-order valence-electron chi connectivity index (χ0n) is 17.9. The van der Waals surface area contributed by atoms with Crippen molar-refractivity contribution in [3.8, 4) is 11.4 Å². The summed E-state index contributed by atoms with van der Waals surface area (Å²) in [5, 5.41) is 9.18. The highest BCUT2D eigenvalue weighted by atomic mass is 32.2. The smallest absolute Gasteiger partial charge is 0.191 e. The lowest BCUT2D eigenvalue weighted by Crippen LogP contribution is -2.08. The predicted molar refractivity (Wildman–Crippen MR) is 126 cm³/mol. The molecule has 0 saturated heterocycles. The number of carbonyl (C=O) groups is 1. The zero-order chi connectivity index (χ0) is 22.3. The Bertz CT molecular complexity index is 1190. The van der Waals surface area contributed by atoms with Crippen molar-refractivity contribution < 1.29 is 9.18 Å². The van der Waals surface area contributed by atoms with Crippen LogP contribution in [-0.4, -0.2) is 26.3 Å². The molecule has 0 fully saturated rings. The maximum Gasteiger partial charge on any atom is 0.191 e. The summed E-state index contributed by atoms with van der Waals surface area (Å²) in [6, 6.07) is 24.3. The molecule has 0 aliphatic heterocycles. The van der Waals surface area contributed by atoms with E-state index in [0.717, 1.165) is 12.8 Å². The van der Waals surface area contributed by atoms with Crippen molar-refractivity contribution in [1.29, 1.82) is 0 Å². The first kappa shape index (κ1) is 22.0. The van der Waals surface area contributed by atoms with E-state index in [9.17, 15) is 9.18 Å². The highest BCUT2D eigenvalue weighted by Crippen LogP contribution is 2.27. The first-order valence-corrected chi connectivity index (χ1v) is 11.6. The number of nitrogens with zero attached hydrogens (tertiary/aromatic N) is 3. The maximum atomic E-state index is 14.5. The minimum Gasteiger partial charge on any atom is -0.302 e. The molecule has 32 heavy (non-hydrogen) atoms. The summed E-state index contributed by atoms with van der Waals surface area (Å²) in [6.45, 7) is 2.67. The number of ketones is 1. The molecule has 4 rings (SSSR count). The molecule has 4 aromatic rings. The van der Waals surface area contributed by atoms with Crippen molar-refractivity contribution in [1.82, 2.24) is 14.8 Å². The van der Waals surface area contributed by atoms with Crippen LogP contribution in [-0.2, 0) is 19.4 Å². The lowest BCUT2D eigenvalue weighted by molar-refractivity contribution is 0.102. The van der Waals surface area contributed by atoms with Gasteiger partial charge in [-0.1, -0.05) is 85.4 Å². The average Bonchev–Trinajstić information content (AvgIpc) is 3.24. The second kappa shape index (κ2) is 10.4. The Morgan fingerprint density at radius 3 is 2.34 bits per heavy atom. The van der Waals surface area contributed by atoms with Gasteiger partial charge in [-0.3, -0.25) is 4.79 Å². The van der Waals surface area contributed by atoms with Gasteiger partial charge in [-0.25, -0.2) is 4.39 Å². The number of aromatic nitrogens is 3. The normalized spacial score (nSPS) is 10.9. The number of benzene rings is 3. The van der Waals surface area contributed by atoms with Gasteiger partial charge in [0, 0.05) is 12.1 Å². The maximum absolute atomic E-state index is 14.5. The van der Waals surface area contributed by atoms with Gasteiger partial charge in [-0.2, -0.15) is 0 Å². The predicted octanol–water partition coefficient (Wildman–Crippen LogP) is 5.86. The zero-order valence-corrected chi connectivity index (χ0v) is 18.7. The SMILES string of the molecule is CCc1ccc(C(=O)CSc2nnc(-c3ccccc3F)n2CCc2ccccc2)cc1. The fourth-order valence-corrected chi connectivity index (χ4v) is 4.32. The van der Waals surface area contributed by atoms with Crippen LogP contribution in [0.15, 0.2) is 84.0 Å². The molecule has 0 aliphatic rings. The van der Waals surface area contributed by atoms with Crippen LogP contribution >= 0.6 is 11.8 Å². The summed E-state index contributed by atoms with van der Waals surface area (Å²) in [4.78, 5) is 12.7. The largest absolute Gasteiger partial charge is 0.302 e. The van der Waals surface area contributed by atoms with Gasteiger partial charge in [-0.15, -0.1) is 10.2 Å². The van der Waals surface area contributed by atoms with E-state index in [0.29, 0.717) is 28.7 Å². The quantitative estimate of drug-likeness (QED) is 0.239. The van der Waals surface area contributed by atoms with Gasteiger partial charge in [0.25, 0.3) is 0 Å². The van der Waals surface area contributed by atoms with Crippen molar-refractivity contribution >= 4 is 17.5 Å². The Morgan fingerprint density at radius 2 is 1.62 bits per heavy atom. The number of halogens is 1. The van der Waals surface area contributed by atoms with E-state index in [1.807, 2.05) is 47.0 Å². The van der Waals surface area contributed by atoms with Gasteiger partial charge in [0.1, 0.15) is 5.82 Å². The van der Waals surface area contributed by atoms with E-state index in [1.165, 1.54) is 29.0 Å². The van der Waals surface area contributed by atoms with Gasteiger partial charge < -0.3 is 4.57 Å². The summed E-state index contributed by atoms with van der Waals surface area (Å²) in [5.74, 6) is 0.403. The Kier molecular flexibility index (Phi) is 7.12. The molecular formula is C26H24FN3OS. The van der Waals surface area contributed by atoms with E-state index in [2.05, 4.69) is 29.3 Å². The molecule has 3 aromatic carbocycles. The van der Waals surface area contributed by atoms with Crippen LogP contribution in [0.5, 0.6) is 0 Å². The molecule has 6 heteroatoms. The van der Waals surface area contributed by atoms with Crippen LogP contribution in [0.3, 0.4) is 0 Å².